The number of hydrogen-bond donors (Lipinski definition) is 1. The fourth-order valence-electron chi connectivity index (χ4n) is 2.80. The molecule has 1 amide bonds. The van der Waals surface area contributed by atoms with E-state index in [9.17, 15) is 4.79 Å². The Labute approximate surface area is 154 Å². The van der Waals surface area contributed by atoms with Crippen LogP contribution in [0.4, 0.5) is 11.4 Å². The van der Waals surface area contributed by atoms with E-state index in [0.29, 0.717) is 24.1 Å². The number of amides is 1. The number of hydrogen-bond acceptors (Lipinski definition) is 7. The summed E-state index contributed by atoms with van der Waals surface area (Å²) < 4.78 is 7.17. The van der Waals surface area contributed by atoms with Crippen LogP contribution >= 0.6 is 11.8 Å². The van der Waals surface area contributed by atoms with Gasteiger partial charge in [-0.25, -0.2) is 4.98 Å². The third-order valence-electron chi connectivity index (χ3n) is 4.02. The Balaban J connectivity index is 1.42. The second kappa shape index (κ2) is 7.71. The van der Waals surface area contributed by atoms with Gasteiger partial charge >= 0.3 is 0 Å². The van der Waals surface area contributed by atoms with Crippen LogP contribution in [0.3, 0.4) is 0 Å². The quantitative estimate of drug-likeness (QED) is 0.684. The summed E-state index contributed by atoms with van der Waals surface area (Å²) >= 11 is 1.33. The molecule has 134 valence electrons. The van der Waals surface area contributed by atoms with Crippen LogP contribution in [0.2, 0.25) is 0 Å². The summed E-state index contributed by atoms with van der Waals surface area (Å²) in [6.45, 7) is 3.04. The van der Waals surface area contributed by atoms with Crippen molar-refractivity contribution in [3.63, 3.8) is 0 Å². The molecule has 1 aliphatic rings. The molecule has 1 aromatic carbocycles. The average molecular weight is 370 g/mol. The number of rotatable bonds is 5. The first-order valence-electron chi connectivity index (χ1n) is 8.31. The number of nitrogens with one attached hydrogen (secondary N) is 1. The van der Waals surface area contributed by atoms with Crippen molar-refractivity contribution >= 4 is 34.8 Å². The first-order valence-corrected chi connectivity index (χ1v) is 9.30. The standard InChI is InChI=1S/C17H18N6O2S/c24-15(12-26-17-21-20-16-18-6-3-7-23(16)17)19-13-4-1-2-5-14(13)22-8-10-25-11-9-22/h1-7H,8-12H2,(H,19,24). The number of thioether (sulfide) groups is 1. The molecule has 0 saturated carbocycles. The van der Waals surface area contributed by atoms with Crippen LogP contribution in [0.25, 0.3) is 5.78 Å². The highest BCUT2D eigenvalue weighted by atomic mass is 32.2. The van der Waals surface area contributed by atoms with Gasteiger partial charge in [-0.2, -0.15) is 0 Å². The minimum atomic E-state index is -0.0867. The third-order valence-corrected chi connectivity index (χ3v) is 4.96. The molecule has 0 unspecified atom stereocenters. The summed E-state index contributed by atoms with van der Waals surface area (Å²) in [5.41, 5.74) is 1.83. The van der Waals surface area contributed by atoms with E-state index in [-0.39, 0.29) is 11.7 Å². The summed E-state index contributed by atoms with van der Waals surface area (Å²) in [5, 5.41) is 11.7. The van der Waals surface area contributed by atoms with Crippen molar-refractivity contribution in [1.29, 1.82) is 0 Å². The molecule has 1 N–H and O–H groups in total. The molecule has 9 heteroatoms. The minimum absolute atomic E-state index is 0.0867. The molecule has 0 aliphatic carbocycles. The van der Waals surface area contributed by atoms with Crippen molar-refractivity contribution < 1.29 is 9.53 Å². The number of fused-ring (bicyclic) bond motifs is 1. The highest BCUT2D eigenvalue weighted by Gasteiger charge is 2.16. The van der Waals surface area contributed by atoms with Crippen molar-refractivity contribution in [2.45, 2.75) is 5.16 Å². The van der Waals surface area contributed by atoms with Crippen molar-refractivity contribution in [2.75, 3.05) is 42.3 Å². The summed E-state index contributed by atoms with van der Waals surface area (Å²) in [7, 11) is 0. The zero-order valence-corrected chi connectivity index (χ0v) is 14.9. The predicted octanol–water partition coefficient (Wildman–Crippen LogP) is 1.69. The summed E-state index contributed by atoms with van der Waals surface area (Å²) in [6.07, 6.45) is 3.49. The predicted molar refractivity (Wildman–Crippen MR) is 99.6 cm³/mol. The molecule has 3 heterocycles. The molecule has 4 rings (SSSR count). The van der Waals surface area contributed by atoms with Gasteiger partial charge in [-0.1, -0.05) is 23.9 Å². The number of anilines is 2. The smallest absolute Gasteiger partial charge is 0.255 e. The van der Waals surface area contributed by atoms with E-state index in [4.69, 9.17) is 4.74 Å². The van der Waals surface area contributed by atoms with Crippen LogP contribution in [-0.2, 0) is 9.53 Å². The Kier molecular flexibility index (Phi) is 4.98. The van der Waals surface area contributed by atoms with Crippen molar-refractivity contribution in [3.8, 4) is 0 Å². The summed E-state index contributed by atoms with van der Waals surface area (Å²) in [5.74, 6) is 0.678. The Bertz CT molecular complexity index is 909. The van der Waals surface area contributed by atoms with E-state index >= 15 is 0 Å². The maximum atomic E-state index is 12.4. The van der Waals surface area contributed by atoms with Gasteiger partial charge in [0.2, 0.25) is 5.91 Å². The minimum Gasteiger partial charge on any atom is -0.378 e. The molecular formula is C17H18N6O2S. The van der Waals surface area contributed by atoms with Gasteiger partial charge in [-0.3, -0.25) is 9.20 Å². The molecule has 26 heavy (non-hydrogen) atoms. The first-order chi connectivity index (χ1) is 12.8. The van der Waals surface area contributed by atoms with Crippen LogP contribution in [-0.4, -0.2) is 57.5 Å². The molecule has 1 aliphatic heterocycles. The number of nitrogens with zero attached hydrogens (tertiary/aromatic N) is 5. The van der Waals surface area contributed by atoms with E-state index in [1.807, 2.05) is 30.5 Å². The second-order valence-electron chi connectivity index (χ2n) is 5.73. The lowest BCUT2D eigenvalue weighted by Gasteiger charge is -2.30. The number of ether oxygens (including phenoxy) is 1. The normalized spacial score (nSPS) is 14.5. The molecule has 1 saturated heterocycles. The van der Waals surface area contributed by atoms with Crippen molar-refractivity contribution in [3.05, 3.63) is 42.7 Å². The molecule has 0 atom stereocenters. The number of carbonyl (C=O) groups excluding carboxylic acids is 1. The monoisotopic (exact) mass is 370 g/mol. The molecule has 8 nitrogen and oxygen atoms in total. The topological polar surface area (TPSA) is 84.7 Å². The first kappa shape index (κ1) is 16.8. The Morgan fingerprint density at radius 3 is 2.92 bits per heavy atom. The molecule has 0 radical (unpaired) electrons. The zero-order valence-electron chi connectivity index (χ0n) is 14.0. The van der Waals surface area contributed by atoms with E-state index in [0.717, 1.165) is 24.5 Å². The van der Waals surface area contributed by atoms with Crippen molar-refractivity contribution in [2.24, 2.45) is 0 Å². The fourth-order valence-corrected chi connectivity index (χ4v) is 3.51. The van der Waals surface area contributed by atoms with Gasteiger partial charge in [-0.15, -0.1) is 10.2 Å². The van der Waals surface area contributed by atoms with Gasteiger partial charge in [0.25, 0.3) is 5.78 Å². The van der Waals surface area contributed by atoms with E-state index in [2.05, 4.69) is 25.4 Å². The Hall–Kier alpha value is -2.65. The SMILES string of the molecule is O=C(CSc1nnc2ncccn12)Nc1ccccc1N1CCOCC1. The number of morpholine rings is 1. The fraction of sp³-hybridized carbons (Fsp3) is 0.294. The van der Waals surface area contributed by atoms with Gasteiger partial charge in [0.1, 0.15) is 0 Å². The molecule has 3 aromatic rings. The second-order valence-corrected chi connectivity index (χ2v) is 6.67. The van der Waals surface area contributed by atoms with Gasteiger partial charge in [0.15, 0.2) is 5.16 Å². The molecule has 1 fully saturated rings. The van der Waals surface area contributed by atoms with Gasteiger partial charge in [0, 0.05) is 25.5 Å². The summed E-state index contributed by atoms with van der Waals surface area (Å²) in [6, 6.07) is 9.64. The van der Waals surface area contributed by atoms with Crippen LogP contribution in [0.5, 0.6) is 0 Å². The molecule has 2 aromatic heterocycles. The van der Waals surface area contributed by atoms with Gasteiger partial charge < -0.3 is 15.0 Å². The Morgan fingerprint density at radius 2 is 2.04 bits per heavy atom. The number of para-hydroxylation sites is 2. The molecular weight excluding hydrogens is 352 g/mol. The largest absolute Gasteiger partial charge is 0.378 e. The Morgan fingerprint density at radius 1 is 1.19 bits per heavy atom. The highest BCUT2D eigenvalue weighted by molar-refractivity contribution is 7.99. The van der Waals surface area contributed by atoms with Gasteiger partial charge in [0.05, 0.1) is 30.3 Å². The third kappa shape index (κ3) is 3.63. The van der Waals surface area contributed by atoms with E-state index < -0.39 is 0 Å². The van der Waals surface area contributed by atoms with Crippen LogP contribution < -0.4 is 10.2 Å². The molecule has 0 spiro atoms. The molecule has 0 bridgehead atoms. The number of carbonyl (C=O) groups is 1. The van der Waals surface area contributed by atoms with Crippen LogP contribution in [0.1, 0.15) is 0 Å². The van der Waals surface area contributed by atoms with Crippen LogP contribution in [0.15, 0.2) is 47.9 Å². The lowest BCUT2D eigenvalue weighted by atomic mass is 10.2. The van der Waals surface area contributed by atoms with Crippen molar-refractivity contribution in [1.82, 2.24) is 19.6 Å². The zero-order chi connectivity index (χ0) is 17.8. The highest BCUT2D eigenvalue weighted by Crippen LogP contribution is 2.26. The maximum Gasteiger partial charge on any atom is 0.255 e. The summed E-state index contributed by atoms with van der Waals surface area (Å²) in [4.78, 5) is 18.8. The van der Waals surface area contributed by atoms with Gasteiger partial charge in [-0.05, 0) is 18.2 Å². The van der Waals surface area contributed by atoms with E-state index in [1.165, 1.54) is 11.8 Å². The number of aromatic nitrogens is 4. The maximum absolute atomic E-state index is 12.4. The lowest BCUT2D eigenvalue weighted by Crippen LogP contribution is -2.36. The average Bonchev–Trinajstić information content (AvgIpc) is 3.11. The van der Waals surface area contributed by atoms with E-state index in [1.54, 1.807) is 16.7 Å². The van der Waals surface area contributed by atoms with Crippen LogP contribution in [0, 0.1) is 0 Å². The number of benzene rings is 1. The lowest BCUT2D eigenvalue weighted by molar-refractivity contribution is -0.113.